The molecule has 0 saturated heterocycles. The van der Waals surface area contributed by atoms with Gasteiger partial charge in [-0.2, -0.15) is 0 Å². The van der Waals surface area contributed by atoms with E-state index in [2.05, 4.69) is 4.84 Å². The van der Waals surface area contributed by atoms with E-state index in [1.165, 1.54) is 0 Å². The average Bonchev–Trinajstić information content (AvgIpc) is 1.66. The van der Waals surface area contributed by atoms with Crippen molar-refractivity contribution >= 4 is 0 Å². The molecule has 50 valence electrons. The molecular formula is C5H13NO2. The van der Waals surface area contributed by atoms with Gasteiger partial charge in [-0.05, 0) is 13.8 Å². The minimum absolute atomic E-state index is 0.269. The Morgan fingerprint density at radius 1 is 1.38 bits per heavy atom. The summed E-state index contributed by atoms with van der Waals surface area (Å²) in [6, 6.07) is 0. The molecule has 0 aliphatic carbocycles. The van der Waals surface area contributed by atoms with E-state index < -0.39 is 0 Å². The van der Waals surface area contributed by atoms with E-state index in [0.29, 0.717) is 13.2 Å². The first-order valence-corrected chi connectivity index (χ1v) is 2.70. The Morgan fingerprint density at radius 2 is 2.00 bits per heavy atom. The van der Waals surface area contributed by atoms with E-state index >= 15 is 0 Å². The first-order valence-electron chi connectivity index (χ1n) is 2.70. The standard InChI is InChI=1S/C5H13NO2/c1-5(2)7-3-4-8-6/h5H,3-4,6H2,1-2H3. The summed E-state index contributed by atoms with van der Waals surface area (Å²) in [5.41, 5.74) is 0. The predicted molar refractivity (Wildman–Crippen MR) is 31.2 cm³/mol. The smallest absolute Gasteiger partial charge is 0.0913 e. The van der Waals surface area contributed by atoms with Crippen molar-refractivity contribution in [2.75, 3.05) is 13.2 Å². The third-order valence-corrected chi connectivity index (χ3v) is 0.652. The van der Waals surface area contributed by atoms with Crippen molar-refractivity contribution in [3.05, 3.63) is 0 Å². The molecule has 0 bridgehead atoms. The van der Waals surface area contributed by atoms with Crippen LogP contribution in [0.1, 0.15) is 13.8 Å². The molecule has 0 spiro atoms. The third kappa shape index (κ3) is 5.88. The van der Waals surface area contributed by atoms with Gasteiger partial charge in [0.15, 0.2) is 0 Å². The molecule has 0 aliphatic heterocycles. The molecule has 2 N–H and O–H groups in total. The Labute approximate surface area is 49.7 Å². The summed E-state index contributed by atoms with van der Waals surface area (Å²) in [6.45, 7) is 4.99. The molecule has 3 heteroatoms. The van der Waals surface area contributed by atoms with E-state index in [-0.39, 0.29) is 6.10 Å². The normalized spacial score (nSPS) is 10.5. The van der Waals surface area contributed by atoms with E-state index in [9.17, 15) is 0 Å². The van der Waals surface area contributed by atoms with Gasteiger partial charge in [0.05, 0.1) is 19.3 Å². The molecule has 0 saturated carbocycles. The Kier molecular flexibility index (Phi) is 4.95. The fourth-order valence-electron chi connectivity index (χ4n) is 0.332. The zero-order valence-electron chi connectivity index (χ0n) is 5.39. The van der Waals surface area contributed by atoms with E-state index in [1.54, 1.807) is 0 Å². The number of rotatable bonds is 4. The lowest BCUT2D eigenvalue weighted by molar-refractivity contribution is 0.0193. The summed E-state index contributed by atoms with van der Waals surface area (Å²) in [7, 11) is 0. The summed E-state index contributed by atoms with van der Waals surface area (Å²) in [6.07, 6.45) is 0.269. The highest BCUT2D eigenvalue weighted by molar-refractivity contribution is 4.34. The van der Waals surface area contributed by atoms with Gasteiger partial charge in [0.1, 0.15) is 0 Å². The van der Waals surface area contributed by atoms with Crippen LogP contribution in [0.4, 0.5) is 0 Å². The van der Waals surface area contributed by atoms with Crippen molar-refractivity contribution in [2.24, 2.45) is 5.90 Å². The van der Waals surface area contributed by atoms with Gasteiger partial charge in [-0.1, -0.05) is 0 Å². The summed E-state index contributed by atoms with van der Waals surface area (Å²) in [5.74, 6) is 4.73. The second kappa shape index (κ2) is 5.03. The SMILES string of the molecule is CC(C)OCCON. The van der Waals surface area contributed by atoms with Crippen molar-refractivity contribution in [1.29, 1.82) is 0 Å². The van der Waals surface area contributed by atoms with Gasteiger partial charge in [0, 0.05) is 0 Å². The van der Waals surface area contributed by atoms with Crippen LogP contribution in [0.5, 0.6) is 0 Å². The number of nitrogens with two attached hydrogens (primary N) is 1. The molecule has 0 heterocycles. The maximum atomic E-state index is 5.08. The fourth-order valence-corrected chi connectivity index (χ4v) is 0.332. The largest absolute Gasteiger partial charge is 0.376 e. The Balaban J connectivity index is 2.72. The molecule has 8 heavy (non-hydrogen) atoms. The zero-order valence-corrected chi connectivity index (χ0v) is 5.39. The predicted octanol–water partition coefficient (Wildman–Crippen LogP) is 0.302. The molecule has 0 aromatic rings. The fraction of sp³-hybridized carbons (Fsp3) is 1.00. The molecule has 0 radical (unpaired) electrons. The summed E-state index contributed by atoms with van der Waals surface area (Å²) in [4.78, 5) is 4.27. The Hall–Kier alpha value is -0.120. The van der Waals surface area contributed by atoms with Gasteiger partial charge in [-0.25, -0.2) is 5.90 Å². The van der Waals surface area contributed by atoms with Crippen LogP contribution in [0.25, 0.3) is 0 Å². The molecule has 0 aliphatic rings. The Morgan fingerprint density at radius 3 is 2.38 bits per heavy atom. The molecule has 0 rings (SSSR count). The highest BCUT2D eigenvalue weighted by Crippen LogP contribution is 1.84. The van der Waals surface area contributed by atoms with Gasteiger partial charge in [-0.15, -0.1) is 0 Å². The molecular weight excluding hydrogens is 106 g/mol. The lowest BCUT2D eigenvalue weighted by Crippen LogP contribution is -2.11. The van der Waals surface area contributed by atoms with Crippen LogP contribution in [0, 0.1) is 0 Å². The molecule has 0 aromatic heterocycles. The van der Waals surface area contributed by atoms with Crippen LogP contribution in [-0.4, -0.2) is 19.3 Å². The lowest BCUT2D eigenvalue weighted by Gasteiger charge is -2.04. The first-order chi connectivity index (χ1) is 3.77. The van der Waals surface area contributed by atoms with Gasteiger partial charge in [-0.3, -0.25) is 0 Å². The maximum absolute atomic E-state index is 5.08. The zero-order chi connectivity index (χ0) is 6.41. The van der Waals surface area contributed by atoms with Gasteiger partial charge in [0.2, 0.25) is 0 Å². The highest BCUT2D eigenvalue weighted by Gasteiger charge is 1.89. The molecule has 0 fully saturated rings. The molecule has 0 amide bonds. The monoisotopic (exact) mass is 119 g/mol. The minimum Gasteiger partial charge on any atom is -0.376 e. The highest BCUT2D eigenvalue weighted by atomic mass is 16.6. The van der Waals surface area contributed by atoms with Crippen molar-refractivity contribution in [2.45, 2.75) is 20.0 Å². The number of hydrogen-bond donors (Lipinski definition) is 1. The van der Waals surface area contributed by atoms with Crippen molar-refractivity contribution in [3.63, 3.8) is 0 Å². The van der Waals surface area contributed by atoms with Crippen LogP contribution < -0.4 is 5.90 Å². The summed E-state index contributed by atoms with van der Waals surface area (Å²) < 4.78 is 5.08. The molecule has 3 nitrogen and oxygen atoms in total. The van der Waals surface area contributed by atoms with Gasteiger partial charge < -0.3 is 9.57 Å². The van der Waals surface area contributed by atoms with Gasteiger partial charge in [0.25, 0.3) is 0 Å². The van der Waals surface area contributed by atoms with E-state index in [4.69, 9.17) is 10.6 Å². The molecule has 0 unspecified atom stereocenters. The van der Waals surface area contributed by atoms with Gasteiger partial charge >= 0.3 is 0 Å². The maximum Gasteiger partial charge on any atom is 0.0913 e. The van der Waals surface area contributed by atoms with Crippen LogP contribution in [0.15, 0.2) is 0 Å². The van der Waals surface area contributed by atoms with Crippen molar-refractivity contribution in [1.82, 2.24) is 0 Å². The number of hydrogen-bond acceptors (Lipinski definition) is 3. The van der Waals surface area contributed by atoms with Crippen LogP contribution in [0.3, 0.4) is 0 Å². The first kappa shape index (κ1) is 7.88. The van der Waals surface area contributed by atoms with Crippen LogP contribution in [0.2, 0.25) is 0 Å². The second-order valence-corrected chi connectivity index (χ2v) is 1.79. The lowest BCUT2D eigenvalue weighted by atomic mass is 10.5. The molecule has 0 atom stereocenters. The topological polar surface area (TPSA) is 44.5 Å². The third-order valence-electron chi connectivity index (χ3n) is 0.652. The number of ether oxygens (including phenoxy) is 1. The summed E-state index contributed by atoms with van der Waals surface area (Å²) in [5, 5.41) is 0. The summed E-state index contributed by atoms with van der Waals surface area (Å²) >= 11 is 0. The van der Waals surface area contributed by atoms with Crippen molar-refractivity contribution < 1.29 is 9.57 Å². The van der Waals surface area contributed by atoms with E-state index in [1.807, 2.05) is 13.8 Å². The quantitative estimate of drug-likeness (QED) is 0.427. The van der Waals surface area contributed by atoms with Crippen molar-refractivity contribution in [3.8, 4) is 0 Å². The van der Waals surface area contributed by atoms with Crippen LogP contribution >= 0.6 is 0 Å². The van der Waals surface area contributed by atoms with Crippen LogP contribution in [-0.2, 0) is 9.57 Å². The average molecular weight is 119 g/mol. The second-order valence-electron chi connectivity index (χ2n) is 1.79. The Bertz CT molecular complexity index is 47.7. The molecule has 0 aromatic carbocycles. The van der Waals surface area contributed by atoms with E-state index in [0.717, 1.165) is 0 Å². The minimum atomic E-state index is 0.269.